The second-order valence-corrected chi connectivity index (χ2v) is 7.17. The Morgan fingerprint density at radius 2 is 2.04 bits per heavy atom. The summed E-state index contributed by atoms with van der Waals surface area (Å²) < 4.78 is 4.76. The fourth-order valence-corrected chi connectivity index (χ4v) is 4.12. The molecule has 1 spiro atoms. The number of ether oxygens (including phenoxy) is 1. The van der Waals surface area contributed by atoms with E-state index in [4.69, 9.17) is 4.74 Å². The minimum absolute atomic E-state index is 0.0620. The van der Waals surface area contributed by atoms with Crippen molar-refractivity contribution in [3.8, 4) is 0 Å². The molecule has 2 N–H and O–H groups in total. The number of Topliss-reactive ketones (excluding diaryl/α,β-unsaturated/α-hetero) is 1. The molecular formula is C17H22NO5P. The Labute approximate surface area is 143 Å². The second-order valence-electron chi connectivity index (χ2n) is 6.84. The molecule has 3 rings (SSSR count). The van der Waals surface area contributed by atoms with Gasteiger partial charge in [0.05, 0.1) is 6.54 Å². The lowest BCUT2D eigenvalue weighted by atomic mass is 9.67. The average molecular weight is 351 g/mol. The first kappa shape index (κ1) is 17.3. The zero-order valence-electron chi connectivity index (χ0n) is 14.0. The number of hydrogen-bond donors (Lipinski definition) is 2. The highest BCUT2D eigenvalue weighted by Gasteiger charge is 2.65. The smallest absolute Gasteiger partial charge is 0.434 e. The molecule has 2 atom stereocenters. The molecule has 6 nitrogen and oxygen atoms in total. The van der Waals surface area contributed by atoms with E-state index in [0.29, 0.717) is 10.6 Å². The van der Waals surface area contributed by atoms with Crippen LogP contribution in [0.5, 0.6) is 0 Å². The van der Waals surface area contributed by atoms with Gasteiger partial charge in [0.15, 0.2) is 5.78 Å². The number of hydrogen-bond acceptors (Lipinski definition) is 5. The van der Waals surface area contributed by atoms with E-state index < -0.39 is 17.1 Å². The summed E-state index contributed by atoms with van der Waals surface area (Å²) in [6.45, 7) is 5.29. The van der Waals surface area contributed by atoms with Crippen molar-refractivity contribution in [3.05, 3.63) is 33.9 Å². The minimum Gasteiger partial charge on any atom is -0.444 e. The van der Waals surface area contributed by atoms with Gasteiger partial charge in [-0.25, -0.2) is 4.79 Å². The number of nitrogens with zero attached hydrogens (tertiary/aromatic N) is 1. The fraction of sp³-hybridized carbons (Fsp3) is 0.529. The molecule has 7 heteroatoms. The van der Waals surface area contributed by atoms with E-state index in [1.807, 2.05) is 13.8 Å². The van der Waals surface area contributed by atoms with Crippen molar-refractivity contribution in [1.82, 2.24) is 5.06 Å². The quantitative estimate of drug-likeness (QED) is 0.463. The summed E-state index contributed by atoms with van der Waals surface area (Å²) in [5.41, 5.74) is 1.79. The highest BCUT2D eigenvalue weighted by molar-refractivity contribution is 7.16. The van der Waals surface area contributed by atoms with Gasteiger partial charge in [0.1, 0.15) is 11.9 Å². The normalized spacial score (nSPS) is 27.4. The number of carbonyl (C=O) groups excluding carboxylic acids is 2. The van der Waals surface area contributed by atoms with E-state index in [9.17, 15) is 19.9 Å². The van der Waals surface area contributed by atoms with Crippen molar-refractivity contribution in [2.75, 3.05) is 12.9 Å². The molecule has 0 saturated heterocycles. The molecule has 0 heterocycles. The van der Waals surface area contributed by atoms with Crippen LogP contribution >= 0.6 is 9.24 Å². The average Bonchev–Trinajstić information content (AvgIpc) is 3.27. The summed E-state index contributed by atoms with van der Waals surface area (Å²) in [6.07, 6.45) is 2.50. The zero-order valence-corrected chi connectivity index (χ0v) is 15.2. The number of carbonyl (C=O) groups is 2. The van der Waals surface area contributed by atoms with Crippen LogP contribution in [-0.4, -0.2) is 45.7 Å². The third kappa shape index (κ3) is 2.20. The largest absolute Gasteiger partial charge is 0.444 e. The number of ketones is 1. The maximum absolute atomic E-state index is 12.8. The zero-order chi connectivity index (χ0) is 17.9. The highest BCUT2D eigenvalue weighted by atomic mass is 31.0. The Morgan fingerprint density at radius 3 is 2.58 bits per heavy atom. The van der Waals surface area contributed by atoms with E-state index in [1.165, 1.54) is 0 Å². The molecule has 0 aromatic rings. The molecule has 1 saturated carbocycles. The van der Waals surface area contributed by atoms with Crippen molar-refractivity contribution in [3.63, 3.8) is 0 Å². The van der Waals surface area contributed by atoms with E-state index in [1.54, 1.807) is 13.0 Å². The van der Waals surface area contributed by atoms with Gasteiger partial charge >= 0.3 is 6.09 Å². The summed E-state index contributed by atoms with van der Waals surface area (Å²) in [5.74, 6) is -0.285. The van der Waals surface area contributed by atoms with Crippen LogP contribution in [0.15, 0.2) is 33.9 Å². The van der Waals surface area contributed by atoms with Gasteiger partial charge in [0.25, 0.3) is 0 Å². The minimum atomic E-state index is -1.40. The molecule has 0 bridgehead atoms. The van der Waals surface area contributed by atoms with Gasteiger partial charge in [-0.05, 0) is 56.4 Å². The maximum atomic E-state index is 12.8. The van der Waals surface area contributed by atoms with Gasteiger partial charge < -0.3 is 9.84 Å². The van der Waals surface area contributed by atoms with Gasteiger partial charge in [-0.2, -0.15) is 5.06 Å². The highest BCUT2D eigenvalue weighted by Crippen LogP contribution is 2.64. The summed E-state index contributed by atoms with van der Waals surface area (Å²) in [7, 11) is 2.24. The van der Waals surface area contributed by atoms with Crippen LogP contribution in [0, 0.1) is 5.41 Å². The van der Waals surface area contributed by atoms with E-state index in [2.05, 4.69) is 9.24 Å². The molecular weight excluding hydrogens is 329 g/mol. The number of allylic oxidation sites excluding steroid dienone is 2. The Hall–Kier alpha value is -1.49. The molecule has 24 heavy (non-hydrogen) atoms. The van der Waals surface area contributed by atoms with Gasteiger partial charge in [-0.15, -0.1) is 0 Å². The Bertz CT molecular complexity index is 727. The summed E-state index contributed by atoms with van der Waals surface area (Å²) in [5, 5.41) is 21.2. The molecule has 130 valence electrons. The van der Waals surface area contributed by atoms with Crippen LogP contribution in [0.1, 0.15) is 33.6 Å². The van der Waals surface area contributed by atoms with E-state index in [-0.39, 0.29) is 18.7 Å². The third-order valence-electron chi connectivity index (χ3n) is 5.59. The molecule has 1 amide bonds. The predicted molar refractivity (Wildman–Crippen MR) is 90.3 cm³/mol. The first-order valence-electron chi connectivity index (χ1n) is 7.91. The fourth-order valence-electron chi connectivity index (χ4n) is 3.98. The van der Waals surface area contributed by atoms with Crippen LogP contribution in [0.3, 0.4) is 0 Å². The standard InChI is InChI=1S/C17H22NO5P/c1-9-6-11-13(12(9)7-18(22)15(20)23-8-24)10(2)17(4-5-17)16(3,21)14(11)19/h6,21-22H,4-5,7-8,24H2,1-3H3/t16-/m0/s1. The molecule has 3 aliphatic rings. The Morgan fingerprint density at radius 1 is 1.42 bits per heavy atom. The Balaban J connectivity index is 1.99. The molecule has 0 radical (unpaired) electrons. The number of hydroxylamine groups is 2. The molecule has 0 aliphatic heterocycles. The lowest BCUT2D eigenvalue weighted by molar-refractivity contribution is -0.137. The van der Waals surface area contributed by atoms with Crippen molar-refractivity contribution in [2.24, 2.45) is 5.41 Å². The van der Waals surface area contributed by atoms with Crippen LogP contribution in [0.25, 0.3) is 0 Å². The SMILES string of the molecule is CC1=C(CN(O)C(=O)OCP)C2=C(C)C3(CC3)[C@@](C)(O)C(=O)C2=C1. The number of amides is 1. The first-order chi connectivity index (χ1) is 11.2. The van der Waals surface area contributed by atoms with Gasteiger partial charge in [-0.1, -0.05) is 14.8 Å². The van der Waals surface area contributed by atoms with E-state index >= 15 is 0 Å². The molecule has 0 aromatic heterocycles. The summed E-state index contributed by atoms with van der Waals surface area (Å²) >= 11 is 0. The number of aliphatic hydroxyl groups is 1. The lowest BCUT2D eigenvalue weighted by Gasteiger charge is -2.39. The van der Waals surface area contributed by atoms with Gasteiger partial charge in [0.2, 0.25) is 0 Å². The van der Waals surface area contributed by atoms with Crippen LogP contribution in [-0.2, 0) is 9.53 Å². The Kier molecular flexibility index (Phi) is 3.98. The number of rotatable bonds is 3. The van der Waals surface area contributed by atoms with Gasteiger partial charge in [0, 0.05) is 11.0 Å². The monoisotopic (exact) mass is 351 g/mol. The number of fused-ring (bicyclic) bond motifs is 1. The van der Waals surface area contributed by atoms with Gasteiger partial charge in [-0.3, -0.25) is 10.0 Å². The van der Waals surface area contributed by atoms with Crippen molar-refractivity contribution in [2.45, 2.75) is 39.2 Å². The van der Waals surface area contributed by atoms with Crippen LogP contribution in [0.4, 0.5) is 4.79 Å². The molecule has 3 aliphatic carbocycles. The predicted octanol–water partition coefficient (Wildman–Crippen LogP) is 2.33. The molecule has 1 fully saturated rings. The molecule has 0 aromatic carbocycles. The summed E-state index contributed by atoms with van der Waals surface area (Å²) in [6, 6.07) is 0. The first-order valence-corrected chi connectivity index (χ1v) is 8.73. The topological polar surface area (TPSA) is 87.1 Å². The van der Waals surface area contributed by atoms with Crippen molar-refractivity contribution >= 4 is 21.1 Å². The maximum Gasteiger partial charge on any atom is 0.434 e. The summed E-state index contributed by atoms with van der Waals surface area (Å²) in [4.78, 5) is 24.5. The third-order valence-corrected chi connectivity index (χ3v) is 5.76. The van der Waals surface area contributed by atoms with Crippen molar-refractivity contribution < 1.29 is 24.6 Å². The van der Waals surface area contributed by atoms with E-state index in [0.717, 1.165) is 35.1 Å². The van der Waals surface area contributed by atoms with Crippen molar-refractivity contribution in [1.29, 1.82) is 0 Å². The lowest BCUT2D eigenvalue weighted by Crippen LogP contribution is -2.49. The molecule has 1 unspecified atom stereocenters. The van der Waals surface area contributed by atoms with Crippen LogP contribution in [0.2, 0.25) is 0 Å². The second kappa shape index (κ2) is 5.51. The van der Waals surface area contributed by atoms with Crippen LogP contribution < -0.4 is 0 Å².